The van der Waals surface area contributed by atoms with E-state index >= 15 is 0 Å². The van der Waals surface area contributed by atoms with Gasteiger partial charge in [-0.05, 0) is 56.6 Å². The van der Waals surface area contributed by atoms with Crippen LogP contribution in [0.3, 0.4) is 0 Å². The summed E-state index contributed by atoms with van der Waals surface area (Å²) in [5.74, 6) is 1.27. The van der Waals surface area contributed by atoms with Gasteiger partial charge in [-0.1, -0.05) is 23.2 Å². The van der Waals surface area contributed by atoms with Gasteiger partial charge in [0.2, 0.25) is 11.7 Å². The van der Waals surface area contributed by atoms with Gasteiger partial charge in [-0.25, -0.2) is 0 Å². The van der Waals surface area contributed by atoms with Crippen LogP contribution in [0, 0.1) is 0 Å². The van der Waals surface area contributed by atoms with E-state index in [-0.39, 0.29) is 12.4 Å². The van der Waals surface area contributed by atoms with Gasteiger partial charge in [0.05, 0.1) is 6.54 Å². The highest BCUT2D eigenvalue weighted by atomic mass is 35.5. The number of hydrogen-bond donors (Lipinski definition) is 1. The fourth-order valence-corrected chi connectivity index (χ4v) is 3.12. The Kier molecular flexibility index (Phi) is 6.84. The number of likely N-dealkylation sites (tertiary alicyclic amines) is 1. The smallest absolute Gasteiger partial charge is 0.241 e. The lowest BCUT2D eigenvalue weighted by molar-refractivity contribution is 0.118. The summed E-state index contributed by atoms with van der Waals surface area (Å²) in [5.41, 5.74) is 6.63. The molecule has 1 aliphatic heterocycles. The monoisotopic (exact) mass is 356 g/mol. The number of piperidine rings is 1. The van der Waals surface area contributed by atoms with Crippen LogP contribution >= 0.6 is 24.0 Å². The molecular formula is C16H22Cl2N4O. The first kappa shape index (κ1) is 18.2. The number of halogens is 2. The molecule has 1 saturated heterocycles. The standard InChI is InChI=1S/C16H21ClN4O.ClH/c17-13-6-4-12(5-7-13)16-19-15(22-20-16)11-21-10-2-1-3-14(21)8-9-18;/h4-7,14H,1-3,8-11,18H2;1H. The number of rotatable bonds is 5. The van der Waals surface area contributed by atoms with Crippen LogP contribution in [0.5, 0.6) is 0 Å². The van der Waals surface area contributed by atoms with Crippen LogP contribution in [-0.2, 0) is 6.54 Å². The number of hydrogen-bond acceptors (Lipinski definition) is 5. The van der Waals surface area contributed by atoms with E-state index in [9.17, 15) is 0 Å². The molecule has 0 saturated carbocycles. The molecule has 1 aromatic carbocycles. The Morgan fingerprint density at radius 3 is 2.78 bits per heavy atom. The molecule has 1 aromatic heterocycles. The van der Waals surface area contributed by atoms with Crippen molar-refractivity contribution in [2.45, 2.75) is 38.3 Å². The highest BCUT2D eigenvalue weighted by Crippen LogP contribution is 2.23. The molecule has 0 amide bonds. The van der Waals surface area contributed by atoms with E-state index in [0.29, 0.717) is 29.3 Å². The first-order valence-corrected chi connectivity index (χ1v) is 8.16. The van der Waals surface area contributed by atoms with Crippen molar-refractivity contribution in [3.63, 3.8) is 0 Å². The van der Waals surface area contributed by atoms with Gasteiger partial charge in [0, 0.05) is 16.6 Å². The van der Waals surface area contributed by atoms with Gasteiger partial charge in [0.25, 0.3) is 0 Å². The van der Waals surface area contributed by atoms with E-state index in [1.54, 1.807) is 0 Å². The number of benzene rings is 1. The number of aromatic nitrogens is 2. The second-order valence-corrected chi connectivity index (χ2v) is 6.15. The maximum Gasteiger partial charge on any atom is 0.241 e. The molecule has 2 heterocycles. The van der Waals surface area contributed by atoms with Crippen LogP contribution in [0.1, 0.15) is 31.6 Å². The summed E-state index contributed by atoms with van der Waals surface area (Å²) in [5, 5.41) is 4.77. The Labute approximate surface area is 147 Å². The van der Waals surface area contributed by atoms with Crippen LogP contribution in [0.15, 0.2) is 28.8 Å². The highest BCUT2D eigenvalue weighted by molar-refractivity contribution is 6.30. The summed E-state index contributed by atoms with van der Waals surface area (Å²) in [4.78, 5) is 6.92. The lowest BCUT2D eigenvalue weighted by atomic mass is 9.99. The molecule has 0 spiro atoms. The lowest BCUT2D eigenvalue weighted by Crippen LogP contribution is -2.40. The van der Waals surface area contributed by atoms with E-state index in [1.807, 2.05) is 24.3 Å². The molecule has 0 bridgehead atoms. The molecular weight excluding hydrogens is 335 g/mol. The Balaban J connectivity index is 0.00000192. The minimum Gasteiger partial charge on any atom is -0.338 e. The van der Waals surface area contributed by atoms with Crippen molar-refractivity contribution < 1.29 is 4.52 Å². The van der Waals surface area contributed by atoms with Crippen molar-refractivity contribution in [1.82, 2.24) is 15.0 Å². The normalized spacial score (nSPS) is 18.6. The fraction of sp³-hybridized carbons (Fsp3) is 0.500. The zero-order chi connectivity index (χ0) is 15.4. The quantitative estimate of drug-likeness (QED) is 0.887. The summed E-state index contributed by atoms with van der Waals surface area (Å²) in [6.45, 7) is 2.50. The lowest BCUT2D eigenvalue weighted by Gasteiger charge is -2.34. The molecule has 5 nitrogen and oxygen atoms in total. The van der Waals surface area contributed by atoms with Crippen LogP contribution in [0.2, 0.25) is 5.02 Å². The molecule has 3 rings (SSSR count). The Morgan fingerprint density at radius 1 is 1.26 bits per heavy atom. The maximum atomic E-state index is 5.90. The molecule has 2 N–H and O–H groups in total. The number of nitrogens with two attached hydrogens (primary N) is 1. The highest BCUT2D eigenvalue weighted by Gasteiger charge is 2.23. The Hall–Kier alpha value is -1.14. The minimum absolute atomic E-state index is 0. The Bertz CT molecular complexity index is 600. The van der Waals surface area contributed by atoms with Crippen LogP contribution in [0.4, 0.5) is 0 Å². The molecule has 0 radical (unpaired) electrons. The first-order chi connectivity index (χ1) is 10.8. The van der Waals surface area contributed by atoms with Gasteiger partial charge in [0.15, 0.2) is 0 Å². The average molecular weight is 357 g/mol. The van der Waals surface area contributed by atoms with E-state index in [2.05, 4.69) is 15.0 Å². The summed E-state index contributed by atoms with van der Waals surface area (Å²) >= 11 is 5.90. The second kappa shape index (κ2) is 8.64. The van der Waals surface area contributed by atoms with Crippen molar-refractivity contribution >= 4 is 24.0 Å². The Morgan fingerprint density at radius 2 is 2.04 bits per heavy atom. The van der Waals surface area contributed by atoms with Gasteiger partial charge >= 0.3 is 0 Å². The minimum atomic E-state index is 0. The summed E-state index contributed by atoms with van der Waals surface area (Å²) < 4.78 is 5.41. The van der Waals surface area contributed by atoms with E-state index in [0.717, 1.165) is 25.1 Å². The van der Waals surface area contributed by atoms with Crippen molar-refractivity contribution in [1.29, 1.82) is 0 Å². The largest absolute Gasteiger partial charge is 0.338 e. The van der Waals surface area contributed by atoms with E-state index < -0.39 is 0 Å². The molecule has 0 aliphatic carbocycles. The molecule has 2 aromatic rings. The van der Waals surface area contributed by atoms with Gasteiger partial charge in [-0.2, -0.15) is 4.98 Å². The van der Waals surface area contributed by atoms with Crippen molar-refractivity contribution in [3.05, 3.63) is 35.2 Å². The summed E-state index contributed by atoms with van der Waals surface area (Å²) in [6, 6.07) is 7.98. The molecule has 1 fully saturated rings. The van der Waals surface area contributed by atoms with Crippen molar-refractivity contribution in [2.75, 3.05) is 13.1 Å². The predicted molar refractivity (Wildman–Crippen MR) is 93.7 cm³/mol. The van der Waals surface area contributed by atoms with Gasteiger partial charge in [-0.15, -0.1) is 12.4 Å². The van der Waals surface area contributed by atoms with E-state index in [4.69, 9.17) is 21.9 Å². The SMILES string of the molecule is Cl.NCCC1CCCCN1Cc1nc(-c2ccc(Cl)cc2)no1. The maximum absolute atomic E-state index is 5.90. The van der Waals surface area contributed by atoms with E-state index in [1.165, 1.54) is 19.3 Å². The molecule has 7 heteroatoms. The second-order valence-electron chi connectivity index (χ2n) is 5.72. The van der Waals surface area contributed by atoms with Gasteiger partial charge < -0.3 is 10.3 Å². The van der Waals surface area contributed by atoms with Crippen molar-refractivity contribution in [3.8, 4) is 11.4 Å². The summed E-state index contributed by atoms with van der Waals surface area (Å²) in [7, 11) is 0. The molecule has 23 heavy (non-hydrogen) atoms. The first-order valence-electron chi connectivity index (χ1n) is 7.79. The van der Waals surface area contributed by atoms with Gasteiger partial charge in [-0.3, -0.25) is 4.90 Å². The van der Waals surface area contributed by atoms with Crippen LogP contribution < -0.4 is 5.73 Å². The third-order valence-electron chi connectivity index (χ3n) is 4.16. The molecule has 1 unspecified atom stereocenters. The molecule has 126 valence electrons. The third-order valence-corrected chi connectivity index (χ3v) is 4.41. The molecule has 1 aliphatic rings. The zero-order valence-electron chi connectivity index (χ0n) is 12.9. The zero-order valence-corrected chi connectivity index (χ0v) is 14.5. The molecule has 1 atom stereocenters. The van der Waals surface area contributed by atoms with Gasteiger partial charge in [0.1, 0.15) is 0 Å². The summed E-state index contributed by atoms with van der Waals surface area (Å²) in [6.07, 6.45) is 4.73. The van der Waals surface area contributed by atoms with Crippen LogP contribution in [-0.4, -0.2) is 34.2 Å². The topological polar surface area (TPSA) is 68.2 Å². The van der Waals surface area contributed by atoms with Crippen LogP contribution in [0.25, 0.3) is 11.4 Å². The number of nitrogens with zero attached hydrogens (tertiary/aromatic N) is 3. The predicted octanol–water partition coefficient (Wildman–Crippen LogP) is 3.52. The average Bonchev–Trinajstić information content (AvgIpc) is 2.99. The third kappa shape index (κ3) is 4.67. The fourth-order valence-electron chi connectivity index (χ4n) is 3.00. The van der Waals surface area contributed by atoms with Crippen molar-refractivity contribution in [2.24, 2.45) is 5.73 Å².